The van der Waals surface area contributed by atoms with Crippen molar-refractivity contribution in [3.8, 4) is 0 Å². The third-order valence-electron chi connectivity index (χ3n) is 1.17. The molecule has 0 rings (SSSR count). The normalized spacial score (nSPS) is 13.7. The minimum Gasteiger partial charge on any atom is -0.251 e. The van der Waals surface area contributed by atoms with E-state index in [2.05, 4.69) is 6.92 Å². The maximum absolute atomic E-state index is 12.4. The molecule has 0 unspecified atom stereocenters. The number of hydrogen-bond donors (Lipinski definition) is 0. The molecule has 0 aromatic carbocycles. The summed E-state index contributed by atoms with van der Waals surface area (Å²) in [6, 6.07) is 0. The second kappa shape index (κ2) is 5.99. The predicted molar refractivity (Wildman–Crippen MR) is 34.7 cm³/mol. The predicted octanol–water partition coefficient (Wildman–Crippen LogP) is 2.69. The molecule has 0 aromatic heterocycles. The number of alkyl halides is 2. The molecular weight excluding hydrogens is 122 g/mol. The Balaban J connectivity index is 2.95. The Morgan fingerprint density at radius 3 is 2.44 bits per heavy atom. The van der Waals surface area contributed by atoms with Gasteiger partial charge in [-0.3, -0.25) is 4.39 Å². The minimum absolute atomic E-state index is 0.348. The highest BCUT2D eigenvalue weighted by molar-refractivity contribution is 4.56. The SMILES string of the molecule is [CH2]CC[C@H](F)CCCF. The minimum atomic E-state index is -0.835. The molecule has 0 aliphatic heterocycles. The number of rotatable bonds is 5. The average Bonchev–Trinajstić information content (AvgIpc) is 1.85. The third kappa shape index (κ3) is 5.74. The van der Waals surface area contributed by atoms with Crippen LogP contribution in [0.1, 0.15) is 25.7 Å². The van der Waals surface area contributed by atoms with Gasteiger partial charge >= 0.3 is 0 Å². The molecule has 1 radical (unpaired) electrons. The van der Waals surface area contributed by atoms with Crippen molar-refractivity contribution in [3.63, 3.8) is 0 Å². The van der Waals surface area contributed by atoms with Crippen LogP contribution in [0.5, 0.6) is 0 Å². The summed E-state index contributed by atoms with van der Waals surface area (Å²) in [7, 11) is 0. The van der Waals surface area contributed by atoms with Crippen molar-refractivity contribution in [3.05, 3.63) is 6.92 Å². The van der Waals surface area contributed by atoms with Crippen molar-refractivity contribution in [2.75, 3.05) is 6.67 Å². The van der Waals surface area contributed by atoms with E-state index in [0.29, 0.717) is 25.7 Å². The molecule has 0 saturated heterocycles. The highest BCUT2D eigenvalue weighted by Crippen LogP contribution is 2.08. The molecule has 0 spiro atoms. The Bertz CT molecular complexity index is 54.9. The van der Waals surface area contributed by atoms with Crippen molar-refractivity contribution in [1.82, 2.24) is 0 Å². The summed E-state index contributed by atoms with van der Waals surface area (Å²) in [6.07, 6.45) is 0.943. The Morgan fingerprint density at radius 1 is 1.33 bits per heavy atom. The lowest BCUT2D eigenvalue weighted by molar-refractivity contribution is 0.280. The lowest BCUT2D eigenvalue weighted by Gasteiger charge is -2.02. The van der Waals surface area contributed by atoms with Crippen molar-refractivity contribution in [2.24, 2.45) is 0 Å². The first kappa shape index (κ1) is 8.86. The van der Waals surface area contributed by atoms with Gasteiger partial charge in [-0.1, -0.05) is 13.3 Å². The molecule has 55 valence electrons. The Kier molecular flexibility index (Phi) is 5.89. The summed E-state index contributed by atoms with van der Waals surface area (Å²) in [5.41, 5.74) is 0. The molecule has 0 bridgehead atoms. The van der Waals surface area contributed by atoms with E-state index in [1.54, 1.807) is 0 Å². The fourth-order valence-electron chi connectivity index (χ4n) is 0.664. The highest BCUT2D eigenvalue weighted by Gasteiger charge is 2.02. The van der Waals surface area contributed by atoms with Gasteiger partial charge in [0.2, 0.25) is 0 Å². The summed E-state index contributed by atoms with van der Waals surface area (Å²) in [6.45, 7) is 3.09. The lowest BCUT2D eigenvalue weighted by Crippen LogP contribution is -1.98. The van der Waals surface area contributed by atoms with Crippen LogP contribution in [0, 0.1) is 6.92 Å². The van der Waals surface area contributed by atoms with Crippen molar-refractivity contribution >= 4 is 0 Å². The molecule has 0 heterocycles. The van der Waals surface area contributed by atoms with Gasteiger partial charge in [-0.05, 0) is 19.3 Å². The molecule has 0 saturated carbocycles. The van der Waals surface area contributed by atoms with Crippen molar-refractivity contribution < 1.29 is 8.78 Å². The van der Waals surface area contributed by atoms with Gasteiger partial charge in [-0.15, -0.1) is 0 Å². The van der Waals surface area contributed by atoms with Crippen LogP contribution < -0.4 is 0 Å². The smallest absolute Gasteiger partial charge is 0.100 e. The van der Waals surface area contributed by atoms with E-state index in [0.717, 1.165) is 0 Å². The van der Waals surface area contributed by atoms with Crippen LogP contribution >= 0.6 is 0 Å². The highest BCUT2D eigenvalue weighted by atomic mass is 19.1. The zero-order valence-electron chi connectivity index (χ0n) is 5.58. The van der Waals surface area contributed by atoms with Crippen molar-refractivity contribution in [2.45, 2.75) is 31.9 Å². The van der Waals surface area contributed by atoms with Gasteiger partial charge in [-0.2, -0.15) is 0 Å². The topological polar surface area (TPSA) is 0 Å². The first-order valence-corrected chi connectivity index (χ1v) is 3.30. The Labute approximate surface area is 55.3 Å². The first-order valence-electron chi connectivity index (χ1n) is 3.30. The summed E-state index contributed by atoms with van der Waals surface area (Å²) < 4.78 is 23.8. The first-order chi connectivity index (χ1) is 4.31. The molecule has 1 atom stereocenters. The summed E-state index contributed by atoms with van der Waals surface area (Å²) >= 11 is 0. The summed E-state index contributed by atoms with van der Waals surface area (Å²) in [5, 5.41) is 0. The second-order valence-corrected chi connectivity index (χ2v) is 2.07. The van der Waals surface area contributed by atoms with Gasteiger partial charge in [0.15, 0.2) is 0 Å². The molecular formula is C7H13F2. The van der Waals surface area contributed by atoms with Crippen LogP contribution in [0.4, 0.5) is 8.78 Å². The van der Waals surface area contributed by atoms with Crippen LogP contribution in [-0.2, 0) is 0 Å². The fraction of sp³-hybridized carbons (Fsp3) is 0.857. The van der Waals surface area contributed by atoms with Crippen LogP contribution in [0.25, 0.3) is 0 Å². The van der Waals surface area contributed by atoms with Gasteiger partial charge in [-0.25, -0.2) is 4.39 Å². The van der Waals surface area contributed by atoms with E-state index >= 15 is 0 Å². The largest absolute Gasteiger partial charge is 0.251 e. The molecule has 0 N–H and O–H groups in total. The molecule has 2 heteroatoms. The second-order valence-electron chi connectivity index (χ2n) is 2.07. The maximum Gasteiger partial charge on any atom is 0.100 e. The number of halogens is 2. The van der Waals surface area contributed by atoms with Gasteiger partial charge in [0.25, 0.3) is 0 Å². The Hall–Kier alpha value is -0.140. The van der Waals surface area contributed by atoms with Gasteiger partial charge in [0.1, 0.15) is 6.17 Å². The molecule has 0 aromatic rings. The Morgan fingerprint density at radius 2 is 2.00 bits per heavy atom. The lowest BCUT2D eigenvalue weighted by atomic mass is 10.1. The molecule has 9 heavy (non-hydrogen) atoms. The van der Waals surface area contributed by atoms with Crippen LogP contribution in [0.3, 0.4) is 0 Å². The standard InChI is InChI=1S/C7H13F2/c1-2-4-7(9)5-3-6-8/h7H,1-6H2/t7-/m0/s1. The third-order valence-corrected chi connectivity index (χ3v) is 1.17. The van der Waals surface area contributed by atoms with Crippen molar-refractivity contribution in [1.29, 1.82) is 0 Å². The molecule has 0 fully saturated rings. The number of hydrogen-bond acceptors (Lipinski definition) is 0. The summed E-state index contributed by atoms with van der Waals surface area (Å²) in [5.74, 6) is 0. The maximum atomic E-state index is 12.4. The van der Waals surface area contributed by atoms with Crippen LogP contribution in [0.15, 0.2) is 0 Å². The molecule has 0 amide bonds. The zero-order valence-corrected chi connectivity index (χ0v) is 5.58. The van der Waals surface area contributed by atoms with Gasteiger partial charge < -0.3 is 0 Å². The average molecular weight is 135 g/mol. The van der Waals surface area contributed by atoms with Gasteiger partial charge in [0.05, 0.1) is 6.67 Å². The van der Waals surface area contributed by atoms with E-state index in [1.165, 1.54) is 0 Å². The van der Waals surface area contributed by atoms with Gasteiger partial charge in [0, 0.05) is 0 Å². The quantitative estimate of drug-likeness (QED) is 0.543. The fourth-order valence-corrected chi connectivity index (χ4v) is 0.664. The summed E-state index contributed by atoms with van der Waals surface area (Å²) in [4.78, 5) is 0. The van der Waals surface area contributed by atoms with E-state index in [4.69, 9.17) is 0 Å². The van der Waals surface area contributed by atoms with E-state index in [-0.39, 0.29) is 0 Å². The monoisotopic (exact) mass is 135 g/mol. The molecule has 0 aliphatic carbocycles. The molecule has 0 nitrogen and oxygen atoms in total. The van der Waals surface area contributed by atoms with Crippen LogP contribution in [-0.4, -0.2) is 12.8 Å². The molecule has 0 aliphatic rings. The van der Waals surface area contributed by atoms with E-state index in [9.17, 15) is 8.78 Å². The zero-order chi connectivity index (χ0) is 7.11. The van der Waals surface area contributed by atoms with Crippen LogP contribution in [0.2, 0.25) is 0 Å². The van der Waals surface area contributed by atoms with E-state index in [1.807, 2.05) is 0 Å². The van der Waals surface area contributed by atoms with E-state index < -0.39 is 12.8 Å².